The highest BCUT2D eigenvalue weighted by Crippen LogP contribution is 2.50. The van der Waals surface area contributed by atoms with E-state index in [1.54, 1.807) is 12.1 Å². The molecule has 4 heteroatoms. The fourth-order valence-corrected chi connectivity index (χ4v) is 3.21. The predicted molar refractivity (Wildman–Crippen MR) is 114 cm³/mol. The van der Waals surface area contributed by atoms with Crippen LogP contribution in [0.15, 0.2) is 52.7 Å². The van der Waals surface area contributed by atoms with Crippen LogP contribution in [0.25, 0.3) is 17.0 Å². The van der Waals surface area contributed by atoms with Crippen LogP contribution in [0.3, 0.4) is 0 Å². The third kappa shape index (κ3) is 3.39. The SMILES string of the molecule is C=CC(C)(C)Oc1c2c(c(C(C)(C)C=C)c3oc(=O)ccc13)OC(C)(C)C=C2. The molecule has 0 radical (unpaired) electrons. The van der Waals surface area contributed by atoms with E-state index >= 15 is 0 Å². The summed E-state index contributed by atoms with van der Waals surface area (Å²) in [7, 11) is 0. The third-order valence-corrected chi connectivity index (χ3v) is 5.05. The van der Waals surface area contributed by atoms with Gasteiger partial charge in [-0.15, -0.1) is 6.58 Å². The average molecular weight is 380 g/mol. The lowest BCUT2D eigenvalue weighted by atomic mass is 9.80. The zero-order valence-corrected chi connectivity index (χ0v) is 17.5. The first kappa shape index (κ1) is 20.0. The Hall–Kier alpha value is -2.75. The van der Waals surface area contributed by atoms with Crippen LogP contribution in [0.5, 0.6) is 11.5 Å². The third-order valence-electron chi connectivity index (χ3n) is 5.05. The maximum Gasteiger partial charge on any atom is 0.336 e. The molecule has 2 heterocycles. The van der Waals surface area contributed by atoms with Gasteiger partial charge < -0.3 is 13.9 Å². The van der Waals surface area contributed by atoms with Gasteiger partial charge in [-0.1, -0.05) is 26.5 Å². The number of hydrogen-bond donors (Lipinski definition) is 0. The summed E-state index contributed by atoms with van der Waals surface area (Å²) in [5.74, 6) is 1.25. The minimum Gasteiger partial charge on any atom is -0.483 e. The molecule has 3 rings (SSSR count). The minimum absolute atomic E-state index is 0.423. The van der Waals surface area contributed by atoms with Crippen LogP contribution in [0.2, 0.25) is 0 Å². The zero-order chi connectivity index (χ0) is 20.9. The molecule has 0 fully saturated rings. The fraction of sp³-hybridized carbons (Fsp3) is 0.375. The molecule has 0 aliphatic carbocycles. The van der Waals surface area contributed by atoms with Crippen molar-refractivity contribution >= 4 is 17.0 Å². The summed E-state index contributed by atoms with van der Waals surface area (Å²) in [5, 5.41) is 0.714. The number of benzene rings is 1. The highest BCUT2D eigenvalue weighted by atomic mass is 16.5. The van der Waals surface area contributed by atoms with Gasteiger partial charge in [0.25, 0.3) is 0 Å². The van der Waals surface area contributed by atoms with E-state index in [0.717, 1.165) is 11.1 Å². The Labute approximate surface area is 166 Å². The standard InChI is InChI=1S/C24H28O4/c1-9-22(3,4)18-20-15(11-12-17(25)26-20)19(27-23(5,6)10-2)16-13-14-24(7,8)28-21(16)18/h9-14H,1-2H2,3-8H3. The molecule has 148 valence electrons. The Kier molecular flexibility index (Phi) is 4.57. The second-order valence-electron chi connectivity index (χ2n) is 8.82. The Balaban J connectivity index is 2.52. The lowest BCUT2D eigenvalue weighted by Crippen LogP contribution is -2.31. The molecule has 0 unspecified atom stereocenters. The first-order valence-corrected chi connectivity index (χ1v) is 9.39. The van der Waals surface area contributed by atoms with E-state index in [9.17, 15) is 4.79 Å². The summed E-state index contributed by atoms with van der Waals surface area (Å²) in [6.07, 6.45) is 7.58. The average Bonchev–Trinajstić information content (AvgIpc) is 2.60. The highest BCUT2D eigenvalue weighted by Gasteiger charge is 2.36. The molecular weight excluding hydrogens is 352 g/mol. The molecule has 1 aromatic carbocycles. The van der Waals surface area contributed by atoms with Gasteiger partial charge in [-0.05, 0) is 52.0 Å². The van der Waals surface area contributed by atoms with E-state index in [1.807, 2.05) is 59.8 Å². The van der Waals surface area contributed by atoms with Gasteiger partial charge in [0.2, 0.25) is 0 Å². The van der Waals surface area contributed by atoms with Gasteiger partial charge >= 0.3 is 5.63 Å². The van der Waals surface area contributed by atoms with Gasteiger partial charge in [0.1, 0.15) is 28.3 Å². The normalized spacial score (nSPS) is 15.6. The van der Waals surface area contributed by atoms with Crippen LogP contribution in [0.4, 0.5) is 0 Å². The van der Waals surface area contributed by atoms with Crippen LogP contribution in [0, 0.1) is 0 Å². The lowest BCUT2D eigenvalue weighted by Gasteiger charge is -2.35. The van der Waals surface area contributed by atoms with Crippen molar-refractivity contribution in [2.24, 2.45) is 0 Å². The molecule has 2 aromatic rings. The van der Waals surface area contributed by atoms with Crippen molar-refractivity contribution < 1.29 is 13.9 Å². The van der Waals surface area contributed by atoms with E-state index in [2.05, 4.69) is 13.2 Å². The smallest absolute Gasteiger partial charge is 0.336 e. The van der Waals surface area contributed by atoms with Gasteiger partial charge in [-0.3, -0.25) is 0 Å². The molecule has 1 aliphatic heterocycles. The van der Waals surface area contributed by atoms with E-state index in [0.29, 0.717) is 22.5 Å². The maximum absolute atomic E-state index is 12.1. The van der Waals surface area contributed by atoms with Crippen LogP contribution in [0.1, 0.15) is 52.7 Å². The molecule has 0 N–H and O–H groups in total. The van der Waals surface area contributed by atoms with Crippen molar-refractivity contribution in [3.8, 4) is 11.5 Å². The molecular formula is C24H28O4. The Morgan fingerprint density at radius 3 is 2.39 bits per heavy atom. The molecule has 0 saturated carbocycles. The van der Waals surface area contributed by atoms with Crippen molar-refractivity contribution in [2.75, 3.05) is 0 Å². The second-order valence-corrected chi connectivity index (χ2v) is 8.82. The molecule has 4 nitrogen and oxygen atoms in total. The number of hydrogen-bond acceptors (Lipinski definition) is 4. The summed E-state index contributed by atoms with van der Waals surface area (Å²) < 4.78 is 18.4. The maximum atomic E-state index is 12.1. The van der Waals surface area contributed by atoms with Crippen LogP contribution in [-0.4, -0.2) is 11.2 Å². The Morgan fingerprint density at radius 2 is 1.79 bits per heavy atom. The Bertz CT molecular complexity index is 1050. The molecule has 0 atom stereocenters. The first-order chi connectivity index (χ1) is 12.9. The number of rotatable bonds is 5. The van der Waals surface area contributed by atoms with E-state index < -0.39 is 22.2 Å². The number of allylic oxidation sites excluding steroid dienone is 1. The van der Waals surface area contributed by atoms with Crippen LogP contribution >= 0.6 is 0 Å². The molecule has 0 saturated heterocycles. The lowest BCUT2D eigenvalue weighted by molar-refractivity contribution is 0.146. The van der Waals surface area contributed by atoms with Crippen molar-refractivity contribution in [1.82, 2.24) is 0 Å². The van der Waals surface area contributed by atoms with Crippen molar-refractivity contribution in [2.45, 2.75) is 58.2 Å². The summed E-state index contributed by atoms with van der Waals surface area (Å²) in [5.41, 5.74) is 0.0186. The quantitative estimate of drug-likeness (QED) is 0.487. The molecule has 0 spiro atoms. The van der Waals surface area contributed by atoms with Gasteiger partial charge in [0.15, 0.2) is 0 Å². The monoisotopic (exact) mass is 380 g/mol. The number of fused-ring (bicyclic) bond motifs is 2. The topological polar surface area (TPSA) is 48.7 Å². The molecule has 0 amide bonds. The van der Waals surface area contributed by atoms with E-state index in [4.69, 9.17) is 13.9 Å². The molecule has 1 aliphatic rings. The van der Waals surface area contributed by atoms with Gasteiger partial charge in [0, 0.05) is 17.0 Å². The summed E-state index contributed by atoms with van der Waals surface area (Å²) >= 11 is 0. The summed E-state index contributed by atoms with van der Waals surface area (Å²) in [4.78, 5) is 12.1. The largest absolute Gasteiger partial charge is 0.483 e. The van der Waals surface area contributed by atoms with Crippen LogP contribution < -0.4 is 15.1 Å². The van der Waals surface area contributed by atoms with E-state index in [1.165, 1.54) is 6.07 Å². The summed E-state index contributed by atoms with van der Waals surface area (Å²) in [6.45, 7) is 19.7. The van der Waals surface area contributed by atoms with Gasteiger partial charge in [0.05, 0.1) is 10.9 Å². The fourth-order valence-electron chi connectivity index (χ4n) is 3.21. The molecule has 28 heavy (non-hydrogen) atoms. The van der Waals surface area contributed by atoms with Crippen LogP contribution in [-0.2, 0) is 5.41 Å². The van der Waals surface area contributed by atoms with Crippen molar-refractivity contribution in [1.29, 1.82) is 0 Å². The minimum atomic E-state index is -0.618. The van der Waals surface area contributed by atoms with Crippen molar-refractivity contribution in [3.05, 3.63) is 65.1 Å². The first-order valence-electron chi connectivity index (χ1n) is 9.39. The Morgan fingerprint density at radius 1 is 1.11 bits per heavy atom. The van der Waals surface area contributed by atoms with Gasteiger partial charge in [-0.25, -0.2) is 4.79 Å². The number of ether oxygens (including phenoxy) is 2. The van der Waals surface area contributed by atoms with Crippen molar-refractivity contribution in [3.63, 3.8) is 0 Å². The van der Waals surface area contributed by atoms with Gasteiger partial charge in [-0.2, -0.15) is 0 Å². The predicted octanol–water partition coefficient (Wildman–Crippen LogP) is 5.78. The highest BCUT2D eigenvalue weighted by molar-refractivity contribution is 5.95. The summed E-state index contributed by atoms with van der Waals surface area (Å²) in [6, 6.07) is 3.15. The second kappa shape index (κ2) is 6.40. The molecule has 1 aromatic heterocycles. The zero-order valence-electron chi connectivity index (χ0n) is 17.5. The molecule has 0 bridgehead atoms. The van der Waals surface area contributed by atoms with E-state index in [-0.39, 0.29) is 0 Å².